The van der Waals surface area contributed by atoms with Crippen LogP contribution in [0.15, 0.2) is 0 Å². The van der Waals surface area contributed by atoms with Gasteiger partial charge < -0.3 is 14.2 Å². The zero-order valence-corrected chi connectivity index (χ0v) is 18.8. The Kier molecular flexibility index (Phi) is 7.02. The smallest absolute Gasteiger partial charge is 0.343 e. The molecule has 2 unspecified atom stereocenters. The first-order valence-electron chi connectivity index (χ1n) is 10.8. The van der Waals surface area contributed by atoms with Crippen LogP contribution in [0.3, 0.4) is 0 Å². The van der Waals surface area contributed by atoms with Gasteiger partial charge in [-0.05, 0) is 20.2 Å². The minimum Gasteiger partial charge on any atom is -0.343 e. The molecule has 3 rings (SSSR count). The van der Waals surface area contributed by atoms with Crippen LogP contribution >= 0.6 is 0 Å². The Labute approximate surface area is 179 Å². The minimum absolute atomic E-state index is 0.230. The third kappa shape index (κ3) is 5.90. The van der Waals surface area contributed by atoms with Gasteiger partial charge in [0.05, 0.1) is 6.61 Å². The molecular formula is C17H31NO10S2. The van der Waals surface area contributed by atoms with Crippen LogP contribution in [0, 0.1) is 0 Å². The summed E-state index contributed by atoms with van der Waals surface area (Å²) in [5, 5.41) is 0. The normalized spacial score (nSPS) is 38.2. The van der Waals surface area contributed by atoms with Crippen LogP contribution in [0.5, 0.6) is 0 Å². The van der Waals surface area contributed by atoms with Crippen molar-refractivity contribution >= 4 is 20.7 Å². The zero-order valence-electron chi connectivity index (χ0n) is 18.2. The quantitative estimate of drug-likeness (QED) is 0.434. The van der Waals surface area contributed by atoms with Crippen molar-refractivity contribution in [3.8, 4) is 0 Å². The highest BCUT2D eigenvalue weighted by atomic mass is 32.3. The van der Waals surface area contributed by atoms with Crippen LogP contribution in [0.25, 0.3) is 0 Å². The third-order valence-corrected chi connectivity index (χ3v) is 6.98. The molecule has 5 atom stereocenters. The molecule has 0 aromatic rings. The van der Waals surface area contributed by atoms with Crippen molar-refractivity contribution in [2.45, 2.75) is 89.2 Å². The highest BCUT2D eigenvalue weighted by Crippen LogP contribution is 2.46. The average Bonchev–Trinajstić information content (AvgIpc) is 3.19. The van der Waals surface area contributed by atoms with Crippen LogP contribution in [-0.4, -0.2) is 66.5 Å². The maximum Gasteiger partial charge on any atom is 0.400 e. The number of nitrogens with one attached hydrogen (secondary N) is 1. The van der Waals surface area contributed by atoms with Gasteiger partial charge >= 0.3 is 20.7 Å². The zero-order chi connectivity index (χ0) is 22.8. The van der Waals surface area contributed by atoms with E-state index < -0.39 is 57.2 Å². The lowest BCUT2D eigenvalue weighted by Gasteiger charge is -2.39. The maximum absolute atomic E-state index is 12.3. The molecule has 1 N–H and O–H groups in total. The summed E-state index contributed by atoms with van der Waals surface area (Å²) in [6, 6.07) is 0. The van der Waals surface area contributed by atoms with Gasteiger partial charge in [-0.1, -0.05) is 39.0 Å². The summed E-state index contributed by atoms with van der Waals surface area (Å²) in [6.45, 7) is 2.63. The van der Waals surface area contributed by atoms with Crippen LogP contribution in [0.1, 0.15) is 60.6 Å². The van der Waals surface area contributed by atoms with Gasteiger partial charge in [0, 0.05) is 7.92 Å². The second-order valence-corrected chi connectivity index (χ2v) is 10.5. The number of ether oxygens (including phenoxy) is 3. The largest absolute Gasteiger partial charge is 0.400 e. The molecule has 0 aliphatic carbocycles. The van der Waals surface area contributed by atoms with Gasteiger partial charge in [0.2, 0.25) is 5.79 Å². The highest BCUT2D eigenvalue weighted by Gasteiger charge is 2.66. The van der Waals surface area contributed by atoms with Gasteiger partial charge in [0.1, 0.15) is 24.9 Å². The van der Waals surface area contributed by atoms with Crippen molar-refractivity contribution in [2.24, 2.45) is 0 Å². The molecule has 11 nitrogen and oxygen atoms in total. The molecule has 0 bridgehead atoms. The fourth-order valence-electron chi connectivity index (χ4n) is 3.71. The van der Waals surface area contributed by atoms with Crippen LogP contribution < -0.4 is 4.72 Å². The molecule has 3 fully saturated rings. The topological polar surface area (TPSA) is 136 Å². The molecule has 30 heavy (non-hydrogen) atoms. The molecule has 176 valence electrons. The summed E-state index contributed by atoms with van der Waals surface area (Å²) < 4.78 is 90.0. The van der Waals surface area contributed by atoms with Crippen LogP contribution in [-0.2, 0) is 47.5 Å². The summed E-state index contributed by atoms with van der Waals surface area (Å²) in [5.41, 5.74) is 0. The molecule has 0 aromatic heterocycles. The number of hydrogen-bond acceptors (Lipinski definition) is 10. The predicted molar refractivity (Wildman–Crippen MR) is 104 cm³/mol. The Balaban J connectivity index is 1.59. The lowest BCUT2D eigenvalue weighted by molar-refractivity contribution is -0.290. The van der Waals surface area contributed by atoms with Crippen molar-refractivity contribution in [2.75, 3.05) is 19.8 Å². The summed E-state index contributed by atoms with van der Waals surface area (Å²) >= 11 is 0. The summed E-state index contributed by atoms with van der Waals surface area (Å²) in [5.74, 6) is -3.23. The number of fused-ring (bicyclic) bond motifs is 3. The Morgan fingerprint density at radius 1 is 1.20 bits per heavy atom. The number of hydrogen-bond donors (Lipinski definition) is 1. The highest BCUT2D eigenvalue weighted by molar-refractivity contribution is 7.84. The lowest BCUT2D eigenvalue weighted by Crippen LogP contribution is -2.60. The van der Waals surface area contributed by atoms with E-state index in [2.05, 4.69) is 11.6 Å². The van der Waals surface area contributed by atoms with Gasteiger partial charge in [-0.3, -0.25) is 4.18 Å². The van der Waals surface area contributed by atoms with E-state index in [-0.39, 0.29) is 20.1 Å². The molecule has 3 aliphatic rings. The van der Waals surface area contributed by atoms with E-state index in [0.717, 1.165) is 32.1 Å². The van der Waals surface area contributed by atoms with Gasteiger partial charge in [-0.2, -0.15) is 21.6 Å². The summed E-state index contributed by atoms with van der Waals surface area (Å²) in [4.78, 5) is 0. The Morgan fingerprint density at radius 2 is 1.93 bits per heavy atom. The van der Waals surface area contributed by atoms with Crippen molar-refractivity contribution in [1.82, 2.24) is 4.72 Å². The number of rotatable bonds is 11. The van der Waals surface area contributed by atoms with E-state index in [0.29, 0.717) is 6.42 Å². The second kappa shape index (κ2) is 9.24. The summed E-state index contributed by atoms with van der Waals surface area (Å²) in [7, 11) is -8.35. The van der Waals surface area contributed by atoms with Gasteiger partial charge in [-0.15, -0.1) is 0 Å². The van der Waals surface area contributed by atoms with Gasteiger partial charge in [-0.25, -0.2) is 8.37 Å². The fourth-order valence-corrected chi connectivity index (χ4v) is 5.52. The fraction of sp³-hybridized carbons (Fsp3) is 1.00. The molecule has 3 saturated heterocycles. The molecule has 0 saturated carbocycles. The van der Waals surface area contributed by atoms with E-state index >= 15 is 0 Å². The molecule has 0 spiro atoms. The van der Waals surface area contributed by atoms with Crippen molar-refractivity contribution in [1.29, 1.82) is 0 Å². The second-order valence-electron chi connectivity index (χ2n) is 7.88. The van der Waals surface area contributed by atoms with E-state index in [1.165, 1.54) is 6.92 Å². The first-order valence-corrected chi connectivity index (χ1v) is 12.8. The van der Waals surface area contributed by atoms with Crippen LogP contribution in [0.4, 0.5) is 0 Å². The molecule has 3 heterocycles. The van der Waals surface area contributed by atoms with Gasteiger partial charge in [0.15, 0.2) is 5.79 Å². The molecule has 0 aromatic carbocycles. The van der Waals surface area contributed by atoms with E-state index in [4.69, 9.17) is 28.1 Å². The lowest BCUT2D eigenvalue weighted by atomic mass is 9.98. The Hall–Kier alpha value is -0.380. The van der Waals surface area contributed by atoms with E-state index in [9.17, 15) is 16.8 Å². The van der Waals surface area contributed by atoms with E-state index in [1.807, 2.05) is 0 Å². The average molecular weight is 475 g/mol. The molecule has 0 radical (unpaired) electrons. The molecule has 0 amide bonds. The first kappa shape index (κ1) is 22.8. The van der Waals surface area contributed by atoms with Crippen molar-refractivity contribution < 1.29 is 45.0 Å². The van der Waals surface area contributed by atoms with E-state index in [1.54, 1.807) is 0 Å². The Bertz CT molecular complexity index is 825. The standard InChI is InChI=1S/C17H31NO10S2/c1-4-5-6-7-8-9-10-18-29(19,20)24-12-17-15(25-16(2,3)28-17)14-13(11-23-17)26-30(21,22)27-14/h13-15,18H,4-12H2,1-3H3/t13-,14-,15+,17?/m1/s1/i2D/t13-,14-,15+,16?,17?. The predicted octanol–water partition coefficient (Wildman–Crippen LogP) is 1.10. The minimum atomic E-state index is -4.24. The number of unbranched alkanes of at least 4 members (excludes halogenated alkanes) is 5. The third-order valence-electron chi connectivity index (χ3n) is 5.05. The SMILES string of the molecule is [2H]CC1(C)O[C@H]2[C@@H]3OS(=O)(=O)O[C@@H]3COC2(COS(=O)(=O)NCCCCCCCC)O1. The van der Waals surface area contributed by atoms with Crippen molar-refractivity contribution in [3.05, 3.63) is 0 Å². The first-order chi connectivity index (χ1) is 14.5. The van der Waals surface area contributed by atoms with Gasteiger partial charge in [0.25, 0.3) is 0 Å². The monoisotopic (exact) mass is 474 g/mol. The molecule has 3 aliphatic heterocycles. The van der Waals surface area contributed by atoms with Crippen molar-refractivity contribution in [3.63, 3.8) is 0 Å². The maximum atomic E-state index is 12.3. The Morgan fingerprint density at radius 3 is 2.67 bits per heavy atom. The van der Waals surface area contributed by atoms with Crippen LogP contribution in [0.2, 0.25) is 0 Å². The molecule has 13 heteroatoms. The summed E-state index contributed by atoms with van der Waals surface area (Å²) in [6.07, 6.45) is 2.79. The molecular weight excluding hydrogens is 442 g/mol.